The molecule has 1 atom stereocenters. The number of hydrogen-bond acceptors (Lipinski definition) is 3. The van der Waals surface area contributed by atoms with Crippen molar-refractivity contribution < 1.29 is 4.11 Å². The van der Waals surface area contributed by atoms with E-state index in [2.05, 4.69) is 4.98 Å². The van der Waals surface area contributed by atoms with E-state index in [4.69, 9.17) is 4.11 Å². The van der Waals surface area contributed by atoms with E-state index in [-0.39, 0.29) is 6.17 Å². The van der Waals surface area contributed by atoms with Gasteiger partial charge in [-0.2, -0.15) is 0 Å². The van der Waals surface area contributed by atoms with Crippen LogP contribution in [0.2, 0.25) is 0 Å². The lowest BCUT2D eigenvalue weighted by Crippen LogP contribution is -2.36. The minimum atomic E-state index is -2.20. The zero-order valence-corrected chi connectivity index (χ0v) is 11.4. The van der Waals surface area contributed by atoms with Crippen molar-refractivity contribution in [1.29, 1.82) is 0 Å². The minimum Gasteiger partial charge on any atom is -0.352 e. The third-order valence-corrected chi connectivity index (χ3v) is 3.94. The Kier molecular flexibility index (Phi) is 1.64. The zero-order chi connectivity index (χ0) is 16.4. The van der Waals surface area contributed by atoms with Gasteiger partial charge < -0.3 is 9.80 Å². The van der Waals surface area contributed by atoms with Crippen molar-refractivity contribution in [3.63, 3.8) is 0 Å². The van der Waals surface area contributed by atoms with Gasteiger partial charge in [-0.05, 0) is 19.1 Å². The maximum absolute atomic E-state index is 7.88. The largest absolute Gasteiger partial charge is 0.352 e. The summed E-state index contributed by atoms with van der Waals surface area (Å²) in [4.78, 5) is 7.86. The van der Waals surface area contributed by atoms with E-state index in [0.717, 1.165) is 23.0 Å². The highest BCUT2D eigenvalue weighted by atomic mass is 15.4. The fourth-order valence-electron chi connectivity index (χ4n) is 2.91. The second-order valence-electron chi connectivity index (χ2n) is 5.04. The fourth-order valence-corrected chi connectivity index (χ4v) is 2.91. The Balaban J connectivity index is 1.92. The maximum Gasteiger partial charge on any atom is 0.215 e. The van der Waals surface area contributed by atoms with Gasteiger partial charge in [0.25, 0.3) is 0 Å². The normalized spacial score (nSPS) is 20.9. The predicted molar refractivity (Wildman–Crippen MR) is 80.6 cm³/mol. The van der Waals surface area contributed by atoms with Crippen molar-refractivity contribution in [2.45, 2.75) is 13.1 Å². The van der Waals surface area contributed by atoms with Crippen molar-refractivity contribution >= 4 is 23.0 Å². The van der Waals surface area contributed by atoms with Gasteiger partial charge in [0, 0.05) is 30.5 Å². The number of para-hydroxylation sites is 2. The number of rotatable bonds is 1. The first-order valence-corrected chi connectivity index (χ1v) is 6.55. The van der Waals surface area contributed by atoms with E-state index in [9.17, 15) is 0 Å². The van der Waals surface area contributed by atoms with Gasteiger partial charge in [-0.15, -0.1) is 0 Å². The van der Waals surface area contributed by atoms with Gasteiger partial charge in [-0.1, -0.05) is 12.1 Å². The monoisotopic (exact) mass is 270 g/mol. The molecule has 1 aliphatic rings. The van der Waals surface area contributed by atoms with Gasteiger partial charge in [-0.25, -0.2) is 4.98 Å². The van der Waals surface area contributed by atoms with Crippen LogP contribution in [0.25, 0.3) is 5.78 Å². The minimum absolute atomic E-state index is 0.321. The number of aromatic nitrogens is 3. The third-order valence-electron chi connectivity index (χ3n) is 3.94. The SMILES string of the molecule is [2H]C([2H])([2H])N1c2ccccc2N(c2cn3ccnc3n2C)[C@H]1C. The van der Waals surface area contributed by atoms with E-state index < -0.39 is 6.98 Å². The molecular weight excluding hydrogens is 250 g/mol. The average molecular weight is 270 g/mol. The Morgan fingerprint density at radius 3 is 2.80 bits per heavy atom. The first-order chi connectivity index (χ1) is 10.9. The molecule has 0 saturated carbocycles. The molecule has 5 nitrogen and oxygen atoms in total. The lowest BCUT2D eigenvalue weighted by molar-refractivity contribution is 0.714. The quantitative estimate of drug-likeness (QED) is 0.680. The van der Waals surface area contributed by atoms with Crippen LogP contribution in [0.1, 0.15) is 11.0 Å². The Morgan fingerprint density at radius 2 is 2.05 bits per heavy atom. The first kappa shape index (κ1) is 8.68. The first-order valence-electron chi connectivity index (χ1n) is 8.05. The third kappa shape index (κ3) is 1.29. The van der Waals surface area contributed by atoms with Gasteiger partial charge in [0.1, 0.15) is 12.0 Å². The summed E-state index contributed by atoms with van der Waals surface area (Å²) in [5.74, 6) is 1.72. The standard InChI is InChI=1S/C15H17N5/c1-11-17(2)12-6-4-5-7-13(12)20(11)14-10-19-9-8-16-15(19)18(14)3/h4-11H,1-3H3/t11-/m0/s1/i2D3. The molecule has 0 spiro atoms. The second kappa shape index (κ2) is 3.79. The number of nitrogens with zero attached hydrogens (tertiary/aromatic N) is 5. The topological polar surface area (TPSA) is 28.7 Å². The van der Waals surface area contributed by atoms with Crippen LogP contribution >= 0.6 is 0 Å². The van der Waals surface area contributed by atoms with E-state index in [1.54, 1.807) is 6.20 Å². The maximum atomic E-state index is 7.88. The molecule has 1 aliphatic heterocycles. The molecule has 0 unspecified atom stereocenters. The molecule has 20 heavy (non-hydrogen) atoms. The van der Waals surface area contributed by atoms with E-state index >= 15 is 0 Å². The molecule has 0 saturated heterocycles. The van der Waals surface area contributed by atoms with Crippen LogP contribution in [0.3, 0.4) is 0 Å². The number of aryl methyl sites for hydroxylation is 1. The lowest BCUT2D eigenvalue weighted by atomic mass is 10.2. The molecule has 102 valence electrons. The molecule has 4 rings (SSSR count). The number of fused-ring (bicyclic) bond motifs is 2. The number of anilines is 3. The zero-order valence-electron chi connectivity index (χ0n) is 14.4. The van der Waals surface area contributed by atoms with Crippen molar-refractivity contribution in [3.05, 3.63) is 42.9 Å². The summed E-state index contributed by atoms with van der Waals surface area (Å²) >= 11 is 0. The molecule has 0 radical (unpaired) electrons. The van der Waals surface area contributed by atoms with Crippen molar-refractivity contribution in [2.24, 2.45) is 7.05 Å². The van der Waals surface area contributed by atoms with Gasteiger partial charge in [0.15, 0.2) is 0 Å². The average Bonchev–Trinajstić information content (AvgIpc) is 3.11. The number of imidazole rings is 2. The summed E-state index contributed by atoms with van der Waals surface area (Å²) in [6.07, 6.45) is 5.28. The Hall–Kier alpha value is -2.43. The van der Waals surface area contributed by atoms with Crippen LogP contribution in [0, 0.1) is 0 Å². The van der Waals surface area contributed by atoms with Crippen LogP contribution in [0.4, 0.5) is 17.2 Å². The molecule has 5 heteroatoms. The van der Waals surface area contributed by atoms with Gasteiger partial charge >= 0.3 is 0 Å². The van der Waals surface area contributed by atoms with Gasteiger partial charge in [-0.3, -0.25) is 8.97 Å². The predicted octanol–water partition coefficient (Wildman–Crippen LogP) is 2.61. The molecule has 3 heterocycles. The highest BCUT2D eigenvalue weighted by Crippen LogP contribution is 2.43. The Labute approximate surface area is 121 Å². The number of benzene rings is 1. The van der Waals surface area contributed by atoms with Crippen LogP contribution in [-0.4, -0.2) is 27.1 Å². The van der Waals surface area contributed by atoms with Gasteiger partial charge in [0.2, 0.25) is 5.78 Å². The molecule has 1 aromatic carbocycles. The smallest absolute Gasteiger partial charge is 0.215 e. The second-order valence-corrected chi connectivity index (χ2v) is 5.04. The van der Waals surface area contributed by atoms with Gasteiger partial charge in [0.05, 0.1) is 17.6 Å². The molecule has 0 amide bonds. The highest BCUT2D eigenvalue weighted by molar-refractivity contribution is 5.82. The van der Waals surface area contributed by atoms with Crippen molar-refractivity contribution in [1.82, 2.24) is 14.0 Å². The van der Waals surface area contributed by atoms with Crippen molar-refractivity contribution in [2.75, 3.05) is 16.8 Å². The summed E-state index contributed by atoms with van der Waals surface area (Å²) < 4.78 is 27.5. The highest BCUT2D eigenvalue weighted by Gasteiger charge is 2.33. The van der Waals surface area contributed by atoms with Crippen LogP contribution in [0.5, 0.6) is 0 Å². The van der Waals surface area contributed by atoms with Crippen LogP contribution in [0.15, 0.2) is 42.9 Å². The Bertz CT molecular complexity index is 879. The van der Waals surface area contributed by atoms with Crippen LogP contribution in [-0.2, 0) is 7.05 Å². The fraction of sp³-hybridized carbons (Fsp3) is 0.267. The molecule has 2 aromatic heterocycles. The van der Waals surface area contributed by atoms with Crippen molar-refractivity contribution in [3.8, 4) is 0 Å². The summed E-state index contributed by atoms with van der Waals surface area (Å²) in [5, 5.41) is 0. The molecular formula is C15H17N5. The Morgan fingerprint density at radius 1 is 1.25 bits per heavy atom. The van der Waals surface area contributed by atoms with E-state index in [1.807, 2.05) is 64.5 Å². The summed E-state index contributed by atoms with van der Waals surface area (Å²) in [7, 11) is 1.94. The van der Waals surface area contributed by atoms with E-state index in [0.29, 0.717) is 0 Å². The summed E-state index contributed by atoms with van der Waals surface area (Å²) in [6.45, 7) is -0.294. The van der Waals surface area contributed by atoms with E-state index in [1.165, 1.54) is 4.90 Å². The number of hydrogen-bond donors (Lipinski definition) is 0. The molecule has 0 aliphatic carbocycles. The van der Waals surface area contributed by atoms with Crippen LogP contribution < -0.4 is 9.80 Å². The molecule has 0 N–H and O–H groups in total. The molecule has 0 fully saturated rings. The summed E-state index contributed by atoms with van der Waals surface area (Å²) in [6, 6.07) is 7.60. The summed E-state index contributed by atoms with van der Waals surface area (Å²) in [5.41, 5.74) is 1.61. The molecule has 3 aromatic rings. The molecule has 0 bridgehead atoms. The lowest BCUT2D eigenvalue weighted by Gasteiger charge is -2.27.